The average Bonchev–Trinajstić information content (AvgIpc) is 3.26. The molecule has 0 aliphatic carbocycles. The Bertz CT molecular complexity index is 715. The van der Waals surface area contributed by atoms with E-state index in [4.69, 9.17) is 9.47 Å². The Morgan fingerprint density at radius 2 is 2.04 bits per heavy atom. The van der Waals surface area contributed by atoms with Crippen LogP contribution in [-0.2, 0) is 11.3 Å². The van der Waals surface area contributed by atoms with Crippen LogP contribution in [0.5, 0.6) is 5.75 Å². The van der Waals surface area contributed by atoms with E-state index in [0.717, 1.165) is 50.1 Å². The summed E-state index contributed by atoms with van der Waals surface area (Å²) in [6.07, 6.45) is 0. The molecule has 1 saturated heterocycles. The second-order valence-electron chi connectivity index (χ2n) is 6.30. The maximum atomic E-state index is 5.52. The average molecular weight is 389 g/mol. The fourth-order valence-corrected chi connectivity index (χ4v) is 4.08. The minimum Gasteiger partial charge on any atom is -0.496 e. The topological polar surface area (TPSA) is 58.1 Å². The van der Waals surface area contributed by atoms with E-state index in [2.05, 4.69) is 44.1 Å². The highest BCUT2D eigenvalue weighted by molar-refractivity contribution is 7.10. The summed E-state index contributed by atoms with van der Waals surface area (Å²) in [5, 5.41) is 9.00. The molecule has 6 nitrogen and oxygen atoms in total. The molecule has 3 rings (SSSR count). The molecule has 1 aromatic carbocycles. The number of guanidine groups is 1. The predicted molar refractivity (Wildman–Crippen MR) is 111 cm³/mol. The maximum Gasteiger partial charge on any atom is 0.191 e. The number of morpholine rings is 1. The summed E-state index contributed by atoms with van der Waals surface area (Å²) in [7, 11) is 3.49. The van der Waals surface area contributed by atoms with Crippen molar-refractivity contribution in [3.8, 4) is 5.75 Å². The molecule has 0 amide bonds. The second kappa shape index (κ2) is 10.3. The van der Waals surface area contributed by atoms with Gasteiger partial charge in [0.25, 0.3) is 0 Å². The van der Waals surface area contributed by atoms with Crippen LogP contribution in [0.1, 0.15) is 16.5 Å². The van der Waals surface area contributed by atoms with E-state index in [1.165, 1.54) is 4.88 Å². The van der Waals surface area contributed by atoms with Gasteiger partial charge in [0.15, 0.2) is 5.96 Å². The summed E-state index contributed by atoms with van der Waals surface area (Å²) >= 11 is 1.80. The molecule has 0 saturated carbocycles. The molecule has 1 aliphatic rings. The van der Waals surface area contributed by atoms with Crippen molar-refractivity contribution in [1.29, 1.82) is 0 Å². The number of ether oxygens (including phenoxy) is 2. The van der Waals surface area contributed by atoms with Gasteiger partial charge in [0.1, 0.15) is 5.75 Å². The van der Waals surface area contributed by atoms with Crippen molar-refractivity contribution < 1.29 is 9.47 Å². The van der Waals surface area contributed by atoms with Crippen molar-refractivity contribution in [3.05, 3.63) is 52.2 Å². The molecule has 0 radical (unpaired) electrons. The molecule has 7 heteroatoms. The summed E-state index contributed by atoms with van der Waals surface area (Å²) in [5.74, 6) is 1.67. The highest BCUT2D eigenvalue weighted by atomic mass is 32.1. The minimum absolute atomic E-state index is 0.318. The first-order valence-electron chi connectivity index (χ1n) is 9.23. The molecule has 1 aromatic heterocycles. The van der Waals surface area contributed by atoms with Gasteiger partial charge in [-0.25, -0.2) is 0 Å². The lowest BCUT2D eigenvalue weighted by Gasteiger charge is -2.34. The Balaban J connectivity index is 1.59. The predicted octanol–water partition coefficient (Wildman–Crippen LogP) is 2.50. The Hall–Kier alpha value is -2.09. The van der Waals surface area contributed by atoms with Crippen LogP contribution in [-0.4, -0.2) is 57.9 Å². The van der Waals surface area contributed by atoms with Crippen molar-refractivity contribution in [2.45, 2.75) is 12.6 Å². The fraction of sp³-hybridized carbons (Fsp3) is 0.450. The van der Waals surface area contributed by atoms with Crippen LogP contribution in [0.2, 0.25) is 0 Å². The third-order valence-corrected chi connectivity index (χ3v) is 5.66. The quantitative estimate of drug-likeness (QED) is 0.564. The number of rotatable bonds is 7. The number of methoxy groups -OCH3 is 1. The number of nitrogens with one attached hydrogen (secondary N) is 2. The van der Waals surface area contributed by atoms with Gasteiger partial charge in [0.05, 0.1) is 26.4 Å². The lowest BCUT2D eigenvalue weighted by Crippen LogP contribution is -2.46. The van der Waals surface area contributed by atoms with Gasteiger partial charge in [0, 0.05) is 43.7 Å². The first-order valence-corrected chi connectivity index (χ1v) is 10.1. The molecule has 1 atom stereocenters. The van der Waals surface area contributed by atoms with Crippen molar-refractivity contribution in [2.24, 2.45) is 4.99 Å². The summed E-state index contributed by atoms with van der Waals surface area (Å²) in [5.41, 5.74) is 1.10. The number of aliphatic imine (C=N–C) groups is 1. The van der Waals surface area contributed by atoms with E-state index in [1.807, 2.05) is 18.2 Å². The Labute approximate surface area is 165 Å². The lowest BCUT2D eigenvalue weighted by molar-refractivity contribution is 0.0177. The van der Waals surface area contributed by atoms with Gasteiger partial charge in [0.2, 0.25) is 0 Å². The first kappa shape index (κ1) is 19.7. The molecule has 2 heterocycles. The zero-order valence-electron chi connectivity index (χ0n) is 16.0. The minimum atomic E-state index is 0.318. The summed E-state index contributed by atoms with van der Waals surface area (Å²) in [6.45, 7) is 4.96. The molecule has 0 bridgehead atoms. The van der Waals surface area contributed by atoms with E-state index < -0.39 is 0 Å². The molecule has 2 aromatic rings. The number of benzene rings is 1. The highest BCUT2D eigenvalue weighted by Gasteiger charge is 2.23. The Morgan fingerprint density at radius 1 is 1.22 bits per heavy atom. The van der Waals surface area contributed by atoms with E-state index in [9.17, 15) is 0 Å². The SMILES string of the molecule is CN=C(NCc1ccccc1OC)NCC(c1cccs1)N1CCOCC1. The maximum absolute atomic E-state index is 5.52. The van der Waals surface area contributed by atoms with Crippen LogP contribution in [0, 0.1) is 0 Å². The van der Waals surface area contributed by atoms with Crippen LogP contribution in [0.25, 0.3) is 0 Å². The van der Waals surface area contributed by atoms with Gasteiger partial charge in [-0.1, -0.05) is 24.3 Å². The van der Waals surface area contributed by atoms with E-state index >= 15 is 0 Å². The van der Waals surface area contributed by atoms with Gasteiger partial charge < -0.3 is 20.1 Å². The van der Waals surface area contributed by atoms with E-state index in [1.54, 1.807) is 25.5 Å². The summed E-state index contributed by atoms with van der Waals surface area (Å²) in [4.78, 5) is 8.22. The van der Waals surface area contributed by atoms with Crippen molar-refractivity contribution in [2.75, 3.05) is 47.0 Å². The van der Waals surface area contributed by atoms with Crippen molar-refractivity contribution in [3.63, 3.8) is 0 Å². The summed E-state index contributed by atoms with van der Waals surface area (Å²) in [6, 6.07) is 12.7. The molecule has 2 N–H and O–H groups in total. The van der Waals surface area contributed by atoms with Crippen LogP contribution in [0.15, 0.2) is 46.8 Å². The van der Waals surface area contributed by atoms with Gasteiger partial charge >= 0.3 is 0 Å². The molecule has 1 fully saturated rings. The smallest absolute Gasteiger partial charge is 0.191 e. The normalized spacial score (nSPS) is 16.7. The molecule has 1 unspecified atom stereocenters. The number of thiophene rings is 1. The standard InChI is InChI=1S/C20H28N4O2S/c1-21-20(22-14-16-6-3-4-7-18(16)25-2)23-15-17(19-8-5-13-27-19)24-9-11-26-12-10-24/h3-8,13,17H,9-12,14-15H2,1-2H3,(H2,21,22,23). The van der Waals surface area contributed by atoms with Gasteiger partial charge in [-0.05, 0) is 17.5 Å². The van der Waals surface area contributed by atoms with Gasteiger partial charge in [-0.2, -0.15) is 0 Å². The molecular weight excluding hydrogens is 360 g/mol. The van der Waals surface area contributed by atoms with Crippen LogP contribution in [0.4, 0.5) is 0 Å². The highest BCUT2D eigenvalue weighted by Crippen LogP contribution is 2.25. The molecular formula is C20H28N4O2S. The molecule has 27 heavy (non-hydrogen) atoms. The number of nitrogens with zero attached hydrogens (tertiary/aromatic N) is 2. The van der Waals surface area contributed by atoms with Gasteiger partial charge in [-0.15, -0.1) is 11.3 Å². The second-order valence-corrected chi connectivity index (χ2v) is 7.28. The third kappa shape index (κ3) is 5.45. The lowest BCUT2D eigenvalue weighted by atomic mass is 10.2. The van der Waals surface area contributed by atoms with E-state index in [-0.39, 0.29) is 0 Å². The van der Waals surface area contributed by atoms with Crippen molar-refractivity contribution in [1.82, 2.24) is 15.5 Å². The number of para-hydroxylation sites is 1. The largest absolute Gasteiger partial charge is 0.496 e. The zero-order chi connectivity index (χ0) is 18.9. The fourth-order valence-electron chi connectivity index (χ4n) is 3.22. The molecule has 0 spiro atoms. The zero-order valence-corrected chi connectivity index (χ0v) is 16.8. The first-order chi connectivity index (χ1) is 13.3. The Morgan fingerprint density at radius 3 is 2.74 bits per heavy atom. The van der Waals surface area contributed by atoms with Crippen LogP contribution in [0.3, 0.4) is 0 Å². The number of hydrogen-bond donors (Lipinski definition) is 2. The van der Waals surface area contributed by atoms with E-state index in [0.29, 0.717) is 12.6 Å². The Kier molecular flexibility index (Phi) is 7.50. The monoisotopic (exact) mass is 388 g/mol. The molecule has 146 valence electrons. The summed E-state index contributed by atoms with van der Waals surface area (Å²) < 4.78 is 10.9. The third-order valence-electron chi connectivity index (χ3n) is 4.68. The van der Waals surface area contributed by atoms with Crippen LogP contribution < -0.4 is 15.4 Å². The van der Waals surface area contributed by atoms with Crippen LogP contribution >= 0.6 is 11.3 Å². The van der Waals surface area contributed by atoms with Gasteiger partial charge in [-0.3, -0.25) is 9.89 Å². The number of hydrogen-bond acceptors (Lipinski definition) is 5. The molecule has 1 aliphatic heterocycles. The van der Waals surface area contributed by atoms with Crippen molar-refractivity contribution >= 4 is 17.3 Å².